The molecule has 0 radical (unpaired) electrons. The summed E-state index contributed by atoms with van der Waals surface area (Å²) in [5.41, 5.74) is -1.49. The minimum atomic E-state index is -4.84. The fourth-order valence-electron chi connectivity index (χ4n) is 1.54. The van der Waals surface area contributed by atoms with Crippen molar-refractivity contribution in [2.75, 3.05) is 0 Å². The molecule has 2 rings (SSSR count). The molecule has 2 heterocycles. The van der Waals surface area contributed by atoms with Crippen molar-refractivity contribution in [1.29, 1.82) is 0 Å². The second-order valence-corrected chi connectivity index (χ2v) is 3.82. The van der Waals surface area contributed by atoms with E-state index in [1.807, 2.05) is 0 Å². The van der Waals surface area contributed by atoms with Crippen LogP contribution in [0.2, 0.25) is 0 Å². The summed E-state index contributed by atoms with van der Waals surface area (Å²) in [6, 6.07) is 2.90. The summed E-state index contributed by atoms with van der Waals surface area (Å²) in [5.74, 6) is -1.78. The maximum absolute atomic E-state index is 12.9. The molecule has 0 aromatic carbocycles. The minimum Gasteiger partial charge on any atom is -0.478 e. The second-order valence-electron chi connectivity index (χ2n) is 3.82. The van der Waals surface area contributed by atoms with Gasteiger partial charge in [0.2, 0.25) is 0 Å². The molecule has 1 N–H and O–H groups in total. The van der Waals surface area contributed by atoms with Gasteiger partial charge < -0.3 is 5.11 Å². The molecule has 0 bridgehead atoms. The van der Waals surface area contributed by atoms with Crippen LogP contribution in [0.5, 0.6) is 0 Å². The standard InChI is InChI=1S/C11H8F3N3O2/c1-6-2-3-8(15-4-6)17-9(11(12,13)14)7(5-16-17)10(18)19/h2-5H,1H3,(H,18,19). The summed E-state index contributed by atoms with van der Waals surface area (Å²) in [7, 11) is 0. The lowest BCUT2D eigenvalue weighted by Gasteiger charge is -2.10. The van der Waals surface area contributed by atoms with Crippen LogP contribution in [0.3, 0.4) is 0 Å². The van der Waals surface area contributed by atoms with Crippen LogP contribution in [0.1, 0.15) is 21.6 Å². The van der Waals surface area contributed by atoms with Gasteiger partial charge in [-0.3, -0.25) is 0 Å². The molecule has 0 aliphatic heterocycles. The van der Waals surface area contributed by atoms with E-state index in [0.717, 1.165) is 5.56 Å². The van der Waals surface area contributed by atoms with Crippen molar-refractivity contribution in [3.8, 4) is 5.82 Å². The first-order valence-electron chi connectivity index (χ1n) is 5.12. The number of rotatable bonds is 2. The van der Waals surface area contributed by atoms with Gasteiger partial charge in [0.15, 0.2) is 11.5 Å². The van der Waals surface area contributed by atoms with Gasteiger partial charge in [-0.1, -0.05) is 6.07 Å². The smallest absolute Gasteiger partial charge is 0.434 e. The van der Waals surface area contributed by atoms with Crippen LogP contribution in [0, 0.1) is 6.92 Å². The summed E-state index contributed by atoms with van der Waals surface area (Å²) in [5, 5.41) is 12.2. The summed E-state index contributed by atoms with van der Waals surface area (Å²) >= 11 is 0. The van der Waals surface area contributed by atoms with Gasteiger partial charge >= 0.3 is 12.1 Å². The molecule has 2 aromatic heterocycles. The maximum atomic E-state index is 12.9. The van der Waals surface area contributed by atoms with Crippen molar-refractivity contribution in [2.45, 2.75) is 13.1 Å². The Morgan fingerprint density at radius 3 is 2.47 bits per heavy atom. The first-order chi connectivity index (χ1) is 8.80. The Morgan fingerprint density at radius 2 is 2.00 bits per heavy atom. The number of hydrogen-bond acceptors (Lipinski definition) is 3. The van der Waals surface area contributed by atoms with E-state index in [2.05, 4.69) is 10.1 Å². The molecule has 0 spiro atoms. The predicted molar refractivity (Wildman–Crippen MR) is 58.1 cm³/mol. The Kier molecular flexibility index (Phi) is 3.01. The summed E-state index contributed by atoms with van der Waals surface area (Å²) in [6.45, 7) is 1.73. The highest BCUT2D eigenvalue weighted by Gasteiger charge is 2.40. The highest BCUT2D eigenvalue weighted by Crippen LogP contribution is 2.33. The van der Waals surface area contributed by atoms with Crippen molar-refractivity contribution in [2.24, 2.45) is 0 Å². The number of aromatic carboxylic acids is 1. The molecule has 0 aliphatic rings. The Balaban J connectivity index is 2.64. The number of carbonyl (C=O) groups is 1. The van der Waals surface area contributed by atoms with E-state index in [4.69, 9.17) is 5.11 Å². The summed E-state index contributed by atoms with van der Waals surface area (Å²) in [4.78, 5) is 14.6. The predicted octanol–water partition coefficient (Wildman–Crippen LogP) is 2.29. The average molecular weight is 271 g/mol. The van der Waals surface area contributed by atoms with Crippen LogP contribution < -0.4 is 0 Å². The van der Waals surface area contributed by atoms with E-state index in [1.165, 1.54) is 12.3 Å². The van der Waals surface area contributed by atoms with Crippen LogP contribution >= 0.6 is 0 Å². The van der Waals surface area contributed by atoms with Gasteiger partial charge in [0.05, 0.1) is 6.20 Å². The summed E-state index contributed by atoms with van der Waals surface area (Å²) < 4.78 is 39.2. The largest absolute Gasteiger partial charge is 0.478 e. The second kappa shape index (κ2) is 4.38. The third kappa shape index (κ3) is 2.42. The molecule has 5 nitrogen and oxygen atoms in total. The molecule has 2 aromatic rings. The molecular formula is C11H8F3N3O2. The van der Waals surface area contributed by atoms with E-state index in [0.29, 0.717) is 10.9 Å². The molecule has 0 saturated heterocycles. The van der Waals surface area contributed by atoms with E-state index < -0.39 is 23.4 Å². The molecule has 0 aliphatic carbocycles. The third-order valence-electron chi connectivity index (χ3n) is 2.38. The highest BCUT2D eigenvalue weighted by atomic mass is 19.4. The molecule has 0 fully saturated rings. The number of halogens is 3. The van der Waals surface area contributed by atoms with Crippen molar-refractivity contribution >= 4 is 5.97 Å². The van der Waals surface area contributed by atoms with Crippen LogP contribution in [0.25, 0.3) is 5.82 Å². The maximum Gasteiger partial charge on any atom is 0.434 e. The number of carboxylic acids is 1. The number of hydrogen-bond donors (Lipinski definition) is 1. The Bertz CT molecular complexity index is 617. The van der Waals surface area contributed by atoms with E-state index in [1.54, 1.807) is 13.0 Å². The van der Waals surface area contributed by atoms with Gasteiger partial charge in [-0.05, 0) is 18.6 Å². The Morgan fingerprint density at radius 1 is 1.32 bits per heavy atom. The van der Waals surface area contributed by atoms with Crippen molar-refractivity contribution < 1.29 is 23.1 Å². The average Bonchev–Trinajstić information content (AvgIpc) is 2.74. The molecule has 0 unspecified atom stereocenters. The monoisotopic (exact) mass is 271 g/mol. The topological polar surface area (TPSA) is 68.0 Å². The van der Waals surface area contributed by atoms with Gasteiger partial charge in [-0.2, -0.15) is 18.3 Å². The fraction of sp³-hybridized carbons (Fsp3) is 0.182. The normalized spacial score (nSPS) is 11.6. The van der Waals surface area contributed by atoms with Crippen LogP contribution in [0.15, 0.2) is 24.5 Å². The molecule has 0 atom stereocenters. The zero-order chi connectivity index (χ0) is 14.2. The van der Waals surface area contributed by atoms with Crippen molar-refractivity contribution in [3.63, 3.8) is 0 Å². The first kappa shape index (κ1) is 13.1. The Hall–Kier alpha value is -2.38. The zero-order valence-corrected chi connectivity index (χ0v) is 9.64. The summed E-state index contributed by atoms with van der Waals surface area (Å²) in [6.07, 6.45) is -2.80. The number of pyridine rings is 1. The molecular weight excluding hydrogens is 263 g/mol. The number of aryl methyl sites for hydroxylation is 1. The number of alkyl halides is 3. The zero-order valence-electron chi connectivity index (χ0n) is 9.64. The van der Waals surface area contributed by atoms with Gasteiger partial charge in [-0.15, -0.1) is 0 Å². The lowest BCUT2D eigenvalue weighted by atomic mass is 10.2. The SMILES string of the molecule is Cc1ccc(-n2ncc(C(=O)O)c2C(F)(F)F)nc1. The van der Waals surface area contributed by atoms with Gasteiger partial charge in [0.1, 0.15) is 5.56 Å². The number of aromatic nitrogens is 3. The number of carboxylic acid groups (broad SMARTS) is 1. The first-order valence-corrected chi connectivity index (χ1v) is 5.12. The highest BCUT2D eigenvalue weighted by molar-refractivity contribution is 5.89. The van der Waals surface area contributed by atoms with Gasteiger partial charge in [0, 0.05) is 6.20 Å². The molecule has 19 heavy (non-hydrogen) atoms. The lowest BCUT2D eigenvalue weighted by Crippen LogP contribution is -2.17. The number of nitrogens with zero attached hydrogens (tertiary/aromatic N) is 3. The van der Waals surface area contributed by atoms with Crippen LogP contribution in [-0.2, 0) is 6.18 Å². The third-order valence-corrected chi connectivity index (χ3v) is 2.38. The molecule has 0 saturated carbocycles. The van der Waals surface area contributed by atoms with Gasteiger partial charge in [0.25, 0.3) is 0 Å². The minimum absolute atomic E-state index is 0.0922. The van der Waals surface area contributed by atoms with E-state index >= 15 is 0 Å². The fourth-order valence-corrected chi connectivity index (χ4v) is 1.54. The van der Waals surface area contributed by atoms with Crippen LogP contribution in [0.4, 0.5) is 13.2 Å². The van der Waals surface area contributed by atoms with E-state index in [-0.39, 0.29) is 5.82 Å². The molecule has 8 heteroatoms. The quantitative estimate of drug-likeness (QED) is 0.909. The van der Waals surface area contributed by atoms with Gasteiger partial charge in [-0.25, -0.2) is 14.5 Å². The lowest BCUT2D eigenvalue weighted by molar-refractivity contribution is -0.143. The molecule has 100 valence electrons. The van der Waals surface area contributed by atoms with Crippen LogP contribution in [-0.4, -0.2) is 25.8 Å². The van der Waals surface area contributed by atoms with Crippen molar-refractivity contribution in [3.05, 3.63) is 41.3 Å². The Labute approximate surface area is 105 Å². The molecule has 0 amide bonds. The van der Waals surface area contributed by atoms with E-state index in [9.17, 15) is 18.0 Å². The van der Waals surface area contributed by atoms with Crippen molar-refractivity contribution in [1.82, 2.24) is 14.8 Å².